The van der Waals surface area contributed by atoms with Crippen LogP contribution in [0.4, 0.5) is 0 Å². The van der Waals surface area contributed by atoms with Crippen LogP contribution in [0.1, 0.15) is 35.5 Å². The smallest absolute Gasteiger partial charge is 0.374 e. The zero-order valence-electron chi connectivity index (χ0n) is 18.6. The molecule has 4 aromatic rings. The molecule has 4 rings (SSSR count). The zero-order valence-corrected chi connectivity index (χ0v) is 19.4. The number of esters is 1. The highest BCUT2D eigenvalue weighted by molar-refractivity contribution is 7.89. The Morgan fingerprint density at radius 3 is 2.73 bits per heavy atom. The van der Waals surface area contributed by atoms with Gasteiger partial charge < -0.3 is 13.7 Å². The Morgan fingerprint density at radius 1 is 1.21 bits per heavy atom. The maximum Gasteiger partial charge on any atom is 0.374 e. The van der Waals surface area contributed by atoms with E-state index in [1.807, 2.05) is 11.5 Å². The molecule has 0 fully saturated rings. The second kappa shape index (κ2) is 9.20. The van der Waals surface area contributed by atoms with Gasteiger partial charge in [0, 0.05) is 33.0 Å². The molecule has 0 atom stereocenters. The summed E-state index contributed by atoms with van der Waals surface area (Å²) >= 11 is 0. The minimum Gasteiger partial charge on any atom is -0.452 e. The SMILES string of the molecule is CCCn1c(COC(=O)c2ccc(Cn3cccn3)o2)nc2cc(S(=O)(=O)N(C)C)ccc21. The van der Waals surface area contributed by atoms with Crippen molar-refractivity contribution >= 4 is 27.0 Å². The molecular weight excluding hydrogens is 446 g/mol. The number of aryl methyl sites for hydroxylation is 1. The number of aromatic nitrogens is 4. The number of imidazole rings is 1. The highest BCUT2D eigenvalue weighted by Gasteiger charge is 2.21. The van der Waals surface area contributed by atoms with Crippen LogP contribution in [0, 0.1) is 0 Å². The summed E-state index contributed by atoms with van der Waals surface area (Å²) in [4.78, 5) is 17.2. The van der Waals surface area contributed by atoms with Gasteiger partial charge in [0.25, 0.3) is 0 Å². The largest absolute Gasteiger partial charge is 0.452 e. The molecule has 3 aromatic heterocycles. The van der Waals surface area contributed by atoms with Crippen LogP contribution in [0.5, 0.6) is 0 Å². The Labute approximate surface area is 191 Å². The molecule has 0 amide bonds. The van der Waals surface area contributed by atoms with Gasteiger partial charge >= 0.3 is 5.97 Å². The molecular formula is C22H25N5O5S. The first-order valence-electron chi connectivity index (χ1n) is 10.4. The van der Waals surface area contributed by atoms with Crippen molar-refractivity contribution in [3.63, 3.8) is 0 Å². The molecule has 1 aromatic carbocycles. The van der Waals surface area contributed by atoms with Crippen LogP contribution < -0.4 is 0 Å². The van der Waals surface area contributed by atoms with Crippen LogP contribution in [0.2, 0.25) is 0 Å². The van der Waals surface area contributed by atoms with Crippen molar-refractivity contribution < 1.29 is 22.4 Å². The summed E-state index contributed by atoms with van der Waals surface area (Å²) in [6.07, 6.45) is 4.30. The van der Waals surface area contributed by atoms with Gasteiger partial charge in [-0.3, -0.25) is 4.68 Å². The Morgan fingerprint density at radius 2 is 2.03 bits per heavy atom. The van der Waals surface area contributed by atoms with Crippen LogP contribution in [0.25, 0.3) is 11.0 Å². The zero-order chi connectivity index (χ0) is 23.6. The Hall–Kier alpha value is -3.44. The van der Waals surface area contributed by atoms with E-state index >= 15 is 0 Å². The third-order valence-corrected chi connectivity index (χ3v) is 6.91. The number of rotatable bonds is 9. The first-order chi connectivity index (χ1) is 15.8. The Bertz CT molecular complexity index is 1370. The van der Waals surface area contributed by atoms with Crippen LogP contribution in [0.3, 0.4) is 0 Å². The Kier molecular flexibility index (Phi) is 6.34. The molecule has 0 aliphatic rings. The lowest BCUT2D eigenvalue weighted by molar-refractivity contribution is 0.0419. The van der Waals surface area contributed by atoms with Crippen molar-refractivity contribution in [3.05, 3.63) is 66.1 Å². The molecule has 0 aliphatic carbocycles. The maximum atomic E-state index is 12.5. The average Bonchev–Trinajstić information content (AvgIpc) is 3.53. The maximum absolute atomic E-state index is 12.5. The lowest BCUT2D eigenvalue weighted by Crippen LogP contribution is -2.22. The number of furan rings is 1. The quantitative estimate of drug-likeness (QED) is 0.345. The monoisotopic (exact) mass is 471 g/mol. The van der Waals surface area contributed by atoms with Crippen molar-refractivity contribution in [1.29, 1.82) is 0 Å². The van der Waals surface area contributed by atoms with Crippen LogP contribution in [-0.2, 0) is 34.5 Å². The van der Waals surface area contributed by atoms with Gasteiger partial charge in [-0.25, -0.2) is 22.5 Å². The summed E-state index contributed by atoms with van der Waals surface area (Å²) < 4.78 is 40.8. The summed E-state index contributed by atoms with van der Waals surface area (Å²) in [6.45, 7) is 3.01. The molecule has 11 heteroatoms. The minimum absolute atomic E-state index is 0.0710. The highest BCUT2D eigenvalue weighted by Crippen LogP contribution is 2.23. The molecule has 0 unspecified atom stereocenters. The minimum atomic E-state index is -3.58. The Balaban J connectivity index is 1.53. The molecule has 33 heavy (non-hydrogen) atoms. The molecule has 174 valence electrons. The van der Waals surface area contributed by atoms with Crippen molar-refractivity contribution in [3.8, 4) is 0 Å². The van der Waals surface area contributed by atoms with E-state index in [4.69, 9.17) is 9.15 Å². The van der Waals surface area contributed by atoms with E-state index in [1.165, 1.54) is 20.2 Å². The van der Waals surface area contributed by atoms with Gasteiger partial charge in [0.05, 0.1) is 22.5 Å². The second-order valence-corrected chi connectivity index (χ2v) is 9.82. The molecule has 0 N–H and O–H groups in total. The molecule has 0 saturated carbocycles. The van der Waals surface area contributed by atoms with E-state index < -0.39 is 16.0 Å². The van der Waals surface area contributed by atoms with E-state index in [0.717, 1.165) is 16.2 Å². The fourth-order valence-corrected chi connectivity index (χ4v) is 4.36. The first-order valence-corrected chi connectivity index (χ1v) is 11.9. The number of hydrogen-bond donors (Lipinski definition) is 0. The van der Waals surface area contributed by atoms with Crippen molar-refractivity contribution in [2.75, 3.05) is 14.1 Å². The van der Waals surface area contributed by atoms with E-state index in [9.17, 15) is 13.2 Å². The molecule has 0 bridgehead atoms. The van der Waals surface area contributed by atoms with E-state index in [-0.39, 0.29) is 17.3 Å². The molecule has 0 spiro atoms. The summed E-state index contributed by atoms with van der Waals surface area (Å²) in [7, 11) is -0.620. The van der Waals surface area contributed by atoms with Gasteiger partial charge in [0.1, 0.15) is 18.2 Å². The third-order valence-electron chi connectivity index (χ3n) is 5.10. The molecule has 0 radical (unpaired) electrons. The number of ether oxygens (including phenoxy) is 1. The van der Waals surface area contributed by atoms with Gasteiger partial charge in [-0.2, -0.15) is 5.10 Å². The summed E-state index contributed by atoms with van der Waals surface area (Å²) in [5, 5.41) is 4.11. The lowest BCUT2D eigenvalue weighted by Gasteiger charge is -2.11. The lowest BCUT2D eigenvalue weighted by atomic mass is 10.3. The van der Waals surface area contributed by atoms with E-state index in [1.54, 1.807) is 47.4 Å². The number of sulfonamides is 1. The standard InChI is InChI=1S/C22H25N5O5S/c1-4-11-27-19-8-7-17(33(29,30)25(2)3)13-18(19)24-21(27)15-31-22(28)20-9-6-16(32-20)14-26-12-5-10-23-26/h5-10,12-13H,4,11,14-15H2,1-3H3. The number of fused-ring (bicyclic) bond motifs is 1. The molecule has 0 aliphatic heterocycles. The normalized spacial score (nSPS) is 12.0. The average molecular weight is 472 g/mol. The van der Waals surface area contributed by atoms with Gasteiger partial charge in [0.2, 0.25) is 15.8 Å². The van der Waals surface area contributed by atoms with Crippen LogP contribution in [0.15, 0.2) is 58.1 Å². The molecule has 3 heterocycles. The van der Waals surface area contributed by atoms with Crippen molar-refractivity contribution in [1.82, 2.24) is 23.6 Å². The number of carbonyl (C=O) groups is 1. The number of nitrogens with zero attached hydrogens (tertiary/aromatic N) is 5. The fraction of sp³-hybridized carbons (Fsp3) is 0.318. The van der Waals surface area contributed by atoms with Gasteiger partial charge in [-0.05, 0) is 42.8 Å². The molecule has 10 nitrogen and oxygen atoms in total. The van der Waals surface area contributed by atoms with Gasteiger partial charge in [-0.15, -0.1) is 0 Å². The predicted molar refractivity (Wildman–Crippen MR) is 120 cm³/mol. The fourth-order valence-electron chi connectivity index (χ4n) is 3.44. The van der Waals surface area contributed by atoms with E-state index in [0.29, 0.717) is 30.2 Å². The number of benzene rings is 1. The van der Waals surface area contributed by atoms with E-state index in [2.05, 4.69) is 10.1 Å². The van der Waals surface area contributed by atoms with Gasteiger partial charge in [0.15, 0.2) is 0 Å². The topological polar surface area (TPSA) is 112 Å². The predicted octanol–water partition coefficient (Wildman–Crippen LogP) is 2.89. The van der Waals surface area contributed by atoms with Gasteiger partial charge in [-0.1, -0.05) is 6.92 Å². The van der Waals surface area contributed by atoms with Crippen LogP contribution >= 0.6 is 0 Å². The summed E-state index contributed by atoms with van der Waals surface area (Å²) in [5.41, 5.74) is 1.30. The second-order valence-electron chi connectivity index (χ2n) is 7.66. The first kappa shape index (κ1) is 22.7. The summed E-state index contributed by atoms with van der Waals surface area (Å²) in [6, 6.07) is 9.90. The molecule has 0 saturated heterocycles. The third kappa shape index (κ3) is 4.69. The summed E-state index contributed by atoms with van der Waals surface area (Å²) in [5.74, 6) is 0.601. The number of hydrogen-bond acceptors (Lipinski definition) is 7. The van der Waals surface area contributed by atoms with Crippen molar-refractivity contribution in [2.24, 2.45) is 0 Å². The number of carbonyl (C=O) groups excluding carboxylic acids is 1. The highest BCUT2D eigenvalue weighted by atomic mass is 32.2. The van der Waals surface area contributed by atoms with Crippen molar-refractivity contribution in [2.45, 2.75) is 37.9 Å². The van der Waals surface area contributed by atoms with Crippen LogP contribution in [-0.4, -0.2) is 52.1 Å².